The fourth-order valence-corrected chi connectivity index (χ4v) is 6.05. The maximum Gasteiger partial charge on any atom is 0.326 e. The van der Waals surface area contributed by atoms with E-state index in [9.17, 15) is 24.3 Å². The second-order valence-electron chi connectivity index (χ2n) is 14.1. The van der Waals surface area contributed by atoms with Gasteiger partial charge in [0.05, 0.1) is 5.39 Å². The number of anilines is 1. The molecule has 14 nitrogen and oxygen atoms in total. The molecule has 1 saturated carbocycles. The van der Waals surface area contributed by atoms with Gasteiger partial charge in [0.25, 0.3) is 11.5 Å². The van der Waals surface area contributed by atoms with Crippen molar-refractivity contribution < 1.29 is 34.4 Å². The Hall–Kier alpha value is -5.21. The number of aliphatic carboxylic acids is 2. The monoisotopic (exact) mass is 718 g/mol. The van der Waals surface area contributed by atoms with Crippen LogP contribution in [0, 0.1) is 0 Å². The summed E-state index contributed by atoms with van der Waals surface area (Å²) in [6.45, 7) is 7.17. The minimum absolute atomic E-state index is 0.0166. The molecule has 5 rings (SSSR count). The molecule has 2 aromatic carbocycles. The second-order valence-corrected chi connectivity index (χ2v) is 14.1. The lowest BCUT2D eigenvalue weighted by Gasteiger charge is -2.23. The highest BCUT2D eigenvalue weighted by molar-refractivity contribution is 5.96. The lowest BCUT2D eigenvalue weighted by atomic mass is 9.97. The number of nitrogens with one attached hydrogen (secondary N) is 4. The van der Waals surface area contributed by atoms with Crippen LogP contribution in [0.15, 0.2) is 59.5 Å². The van der Waals surface area contributed by atoms with Crippen LogP contribution in [-0.4, -0.2) is 79.0 Å². The van der Waals surface area contributed by atoms with Crippen LogP contribution >= 0.6 is 0 Å². The summed E-state index contributed by atoms with van der Waals surface area (Å²) in [5.74, 6) is -1.42. The average Bonchev–Trinajstić information content (AvgIpc) is 3.78. The van der Waals surface area contributed by atoms with Crippen LogP contribution in [0.4, 0.5) is 5.95 Å². The Morgan fingerprint density at radius 1 is 1.04 bits per heavy atom. The molecule has 0 spiro atoms. The zero-order valence-corrected chi connectivity index (χ0v) is 29.9. The minimum atomic E-state index is -1.30. The van der Waals surface area contributed by atoms with Gasteiger partial charge in [-0.25, -0.2) is 4.79 Å². The van der Waals surface area contributed by atoms with Gasteiger partial charge in [0.15, 0.2) is 0 Å². The van der Waals surface area contributed by atoms with E-state index >= 15 is 0 Å². The summed E-state index contributed by atoms with van der Waals surface area (Å²) in [4.78, 5) is 55.7. The Morgan fingerprint density at radius 2 is 1.73 bits per heavy atom. The number of rotatable bonds is 15. The molecule has 0 unspecified atom stereocenters. The van der Waals surface area contributed by atoms with E-state index in [-0.39, 0.29) is 29.9 Å². The topological polar surface area (TPSA) is 233 Å². The van der Waals surface area contributed by atoms with Crippen LogP contribution in [0.25, 0.3) is 11.0 Å². The molecule has 0 bridgehead atoms. The first-order valence-electron chi connectivity index (χ1n) is 17.5. The van der Waals surface area contributed by atoms with Gasteiger partial charge in [-0.1, -0.05) is 43.2 Å². The van der Waals surface area contributed by atoms with Crippen LogP contribution in [-0.2, 0) is 22.4 Å². The van der Waals surface area contributed by atoms with Gasteiger partial charge in [-0.15, -0.1) is 0 Å². The molecule has 52 heavy (non-hydrogen) atoms. The van der Waals surface area contributed by atoms with Crippen LogP contribution in [0.3, 0.4) is 0 Å². The largest absolute Gasteiger partial charge is 0.491 e. The molecule has 4 aromatic rings. The number of carbonyl (C=O) groups excluding carboxylic acids is 1. The molecule has 9 N–H and O–H groups in total. The fourth-order valence-electron chi connectivity index (χ4n) is 6.05. The van der Waals surface area contributed by atoms with Crippen molar-refractivity contribution in [3.05, 3.63) is 87.3 Å². The third-order valence-corrected chi connectivity index (χ3v) is 8.81. The van der Waals surface area contributed by atoms with Gasteiger partial charge in [0, 0.05) is 30.3 Å². The van der Waals surface area contributed by atoms with Crippen molar-refractivity contribution in [2.24, 2.45) is 0 Å². The summed E-state index contributed by atoms with van der Waals surface area (Å²) in [5, 5.41) is 34.0. The molecule has 2 aromatic heterocycles. The van der Waals surface area contributed by atoms with Crippen LogP contribution < -0.4 is 26.7 Å². The highest BCUT2D eigenvalue weighted by Crippen LogP contribution is 2.38. The van der Waals surface area contributed by atoms with Gasteiger partial charge in [-0.2, -0.15) is 4.98 Å². The molecule has 1 fully saturated rings. The standard InChI is InChI=1S/C20H21N5O6.C18H29NO2/c21-20-24-16-15(18(29)25-20)12(9-22-16)6-3-10-1-4-11(5-2-10)17(28)23-13(19(30)31)7-8-14(26)27;1-18(2,3)19-12-15(20)13-21-17-11-7-6-10-16(17)14-8-4-5-9-14/h1-2,4-5,9,13H,3,6-8H2,(H,23,28)(H,26,27)(H,30,31)(H4,21,22,24,25,29);6-7,10-11,14-15,19-20H,4-5,8-9,12-13H2,1-3H3/t13-;15-/m00/s1. The summed E-state index contributed by atoms with van der Waals surface area (Å²) in [5.41, 5.74) is 8.91. The number of aliphatic hydroxyl groups excluding tert-OH is 1. The smallest absolute Gasteiger partial charge is 0.326 e. The molecule has 280 valence electrons. The van der Waals surface area contributed by atoms with E-state index in [1.807, 2.05) is 12.1 Å². The number of nitrogens with two attached hydrogens (primary N) is 1. The van der Waals surface area contributed by atoms with Gasteiger partial charge in [-0.3, -0.25) is 14.4 Å². The van der Waals surface area contributed by atoms with Crippen LogP contribution in [0.1, 0.15) is 92.3 Å². The predicted octanol–water partition coefficient (Wildman–Crippen LogP) is 4.14. The second kappa shape index (κ2) is 18.3. The lowest BCUT2D eigenvalue weighted by molar-refractivity contribution is -0.140. The van der Waals surface area contributed by atoms with Gasteiger partial charge in [0.1, 0.15) is 30.1 Å². The molecule has 14 heteroatoms. The Bertz CT molecular complexity index is 1860. The molecule has 0 radical (unpaired) electrons. The number of benzene rings is 2. The van der Waals surface area contributed by atoms with Crippen LogP contribution in [0.5, 0.6) is 5.75 Å². The van der Waals surface area contributed by atoms with Crippen molar-refractivity contribution in [1.29, 1.82) is 0 Å². The SMILES string of the molecule is CC(C)(C)NC[C@H](O)COc1ccccc1C1CCCC1.Nc1nc(=O)c2c(CCc3ccc(C(=O)N[C@@H](CCC(=O)O)C(=O)O)cc3)c[nH]c2[nH]1. The van der Waals surface area contributed by atoms with E-state index in [1.54, 1.807) is 30.5 Å². The van der Waals surface area contributed by atoms with Gasteiger partial charge >= 0.3 is 11.9 Å². The maximum absolute atomic E-state index is 12.3. The zero-order valence-electron chi connectivity index (χ0n) is 29.9. The number of nitrogen functional groups attached to an aromatic ring is 1. The summed E-state index contributed by atoms with van der Waals surface area (Å²) in [6, 6.07) is 13.6. The molecular weight excluding hydrogens is 668 g/mol. The number of amides is 1. The number of carbonyl (C=O) groups is 3. The maximum atomic E-state index is 12.3. The number of H-pyrrole nitrogens is 2. The number of hydrogen-bond donors (Lipinski definition) is 8. The summed E-state index contributed by atoms with van der Waals surface area (Å²) >= 11 is 0. The zero-order chi connectivity index (χ0) is 37.8. The van der Waals surface area contributed by atoms with E-state index in [0.29, 0.717) is 42.9 Å². The number of carboxylic acids is 2. The molecule has 0 aliphatic heterocycles. The molecule has 2 atom stereocenters. The number of β-amino-alcohol motifs (C(OH)–C–C–N with tert-alkyl or cyclic N) is 1. The molecule has 1 amide bonds. The third kappa shape index (κ3) is 11.9. The predicted molar refractivity (Wildman–Crippen MR) is 198 cm³/mol. The van der Waals surface area contributed by atoms with Crippen molar-refractivity contribution in [1.82, 2.24) is 25.6 Å². The van der Waals surface area contributed by atoms with Gasteiger partial charge < -0.3 is 46.4 Å². The molecule has 0 saturated heterocycles. The highest BCUT2D eigenvalue weighted by Gasteiger charge is 2.23. The Balaban J connectivity index is 0.000000251. The number of fused-ring (bicyclic) bond motifs is 1. The lowest BCUT2D eigenvalue weighted by Crippen LogP contribution is -2.42. The molecular formula is C38H50N6O8. The Kier molecular flexibility index (Phi) is 14.0. The first-order chi connectivity index (χ1) is 24.7. The van der Waals surface area contributed by atoms with E-state index in [1.165, 1.54) is 31.2 Å². The van der Waals surface area contributed by atoms with Crippen LogP contribution in [0.2, 0.25) is 0 Å². The number of aromatic amines is 2. The van der Waals surface area contributed by atoms with Crippen molar-refractivity contribution >= 4 is 34.8 Å². The molecule has 2 heterocycles. The highest BCUT2D eigenvalue weighted by atomic mass is 16.5. The number of para-hydroxylation sites is 1. The number of aromatic nitrogens is 3. The normalized spacial score (nSPS) is 14.3. The number of nitrogens with zero attached hydrogens (tertiary/aromatic N) is 1. The van der Waals surface area contributed by atoms with Gasteiger partial charge in [0.2, 0.25) is 5.95 Å². The van der Waals surface area contributed by atoms with E-state index in [0.717, 1.165) is 16.9 Å². The number of carboxylic acid groups (broad SMARTS) is 2. The third-order valence-electron chi connectivity index (χ3n) is 8.81. The first kappa shape index (κ1) is 39.6. The van der Waals surface area contributed by atoms with Crippen molar-refractivity contribution in [3.8, 4) is 5.75 Å². The minimum Gasteiger partial charge on any atom is -0.491 e. The fraction of sp³-hybridized carbons (Fsp3) is 0.447. The number of aliphatic hydroxyl groups is 1. The average molecular weight is 719 g/mol. The van der Waals surface area contributed by atoms with E-state index < -0.39 is 35.6 Å². The van der Waals surface area contributed by atoms with Crippen molar-refractivity contribution in [2.75, 3.05) is 18.9 Å². The van der Waals surface area contributed by atoms with E-state index in [2.05, 4.69) is 58.5 Å². The Labute approximate surface area is 302 Å². The summed E-state index contributed by atoms with van der Waals surface area (Å²) < 4.78 is 5.89. The summed E-state index contributed by atoms with van der Waals surface area (Å²) in [6.07, 6.45) is 6.95. The van der Waals surface area contributed by atoms with E-state index in [4.69, 9.17) is 20.7 Å². The number of aryl methyl sites for hydroxylation is 2. The molecule has 1 aliphatic carbocycles. The number of ether oxygens (including phenoxy) is 1. The number of hydrogen-bond acceptors (Lipinski definition) is 9. The quantitative estimate of drug-likeness (QED) is 0.0870. The first-order valence-corrected chi connectivity index (χ1v) is 17.5. The van der Waals surface area contributed by atoms with Crippen molar-refractivity contribution in [2.45, 2.75) is 95.7 Å². The van der Waals surface area contributed by atoms with Gasteiger partial charge in [-0.05, 0) is 93.7 Å². The Morgan fingerprint density at radius 3 is 2.38 bits per heavy atom. The van der Waals surface area contributed by atoms with Crippen molar-refractivity contribution in [3.63, 3.8) is 0 Å². The summed E-state index contributed by atoms with van der Waals surface area (Å²) in [7, 11) is 0. The molecule has 1 aliphatic rings.